The van der Waals surface area contributed by atoms with Gasteiger partial charge in [-0.3, -0.25) is 4.90 Å². The number of carbonyl (C=O) groups excluding carboxylic acids is 1. The van der Waals surface area contributed by atoms with Gasteiger partial charge in [0.15, 0.2) is 0 Å². The average molecular weight is 333 g/mol. The number of hydrogen-bond donors (Lipinski definition) is 0. The number of methoxy groups -OCH3 is 1. The highest BCUT2D eigenvalue weighted by molar-refractivity contribution is 6.30. The average Bonchev–Trinajstić information content (AvgIpc) is 2.61. The van der Waals surface area contributed by atoms with Crippen molar-refractivity contribution in [2.45, 2.75) is 0 Å². The molecule has 1 fully saturated rings. The third kappa shape index (κ3) is 3.56. The number of halogens is 1. The predicted octanol–water partition coefficient (Wildman–Crippen LogP) is 2.27. The van der Waals surface area contributed by atoms with Crippen molar-refractivity contribution in [1.82, 2.24) is 0 Å². The summed E-state index contributed by atoms with van der Waals surface area (Å²) in [5, 5.41) is 0.761. The molecule has 120 valence electrons. The third-order valence-electron chi connectivity index (χ3n) is 4.01. The highest BCUT2D eigenvalue weighted by atomic mass is 35.5. The molecule has 1 N–H and O–H groups in total. The second-order valence-corrected chi connectivity index (χ2v) is 5.84. The Labute approximate surface area is 140 Å². The zero-order chi connectivity index (χ0) is 16.2. The number of carbonyl (C=O) groups is 1. The molecule has 1 aromatic heterocycles. The van der Waals surface area contributed by atoms with E-state index in [1.54, 1.807) is 12.3 Å². The second kappa shape index (κ2) is 6.87. The number of hydrogen-bond acceptors (Lipinski definition) is 4. The Bertz CT molecular complexity index is 682. The Hall–Kier alpha value is -2.27. The number of aromatic amines is 1. The molecule has 1 aliphatic heterocycles. The normalized spacial score (nSPS) is 14.7. The maximum absolute atomic E-state index is 11.5. The van der Waals surface area contributed by atoms with E-state index in [0.29, 0.717) is 5.56 Å². The van der Waals surface area contributed by atoms with Gasteiger partial charge in [0.05, 0.1) is 25.8 Å². The van der Waals surface area contributed by atoms with Crippen molar-refractivity contribution in [1.29, 1.82) is 0 Å². The molecule has 0 unspecified atom stereocenters. The number of anilines is 2. The summed E-state index contributed by atoms with van der Waals surface area (Å²) in [6, 6.07) is 11.6. The van der Waals surface area contributed by atoms with Gasteiger partial charge in [-0.15, -0.1) is 0 Å². The maximum atomic E-state index is 11.5. The van der Waals surface area contributed by atoms with Crippen LogP contribution in [0.1, 0.15) is 10.4 Å². The number of ether oxygens (including phenoxy) is 1. The van der Waals surface area contributed by atoms with E-state index >= 15 is 0 Å². The van der Waals surface area contributed by atoms with Crippen LogP contribution < -0.4 is 14.8 Å². The van der Waals surface area contributed by atoms with Crippen LogP contribution in [0.5, 0.6) is 0 Å². The minimum absolute atomic E-state index is 0.335. The first-order valence-corrected chi connectivity index (χ1v) is 7.90. The summed E-state index contributed by atoms with van der Waals surface area (Å²) >= 11 is 6.06. The van der Waals surface area contributed by atoms with Gasteiger partial charge in [0, 0.05) is 16.8 Å². The highest BCUT2D eigenvalue weighted by Crippen LogP contribution is 2.21. The van der Waals surface area contributed by atoms with Gasteiger partial charge in [-0.05, 0) is 24.3 Å². The van der Waals surface area contributed by atoms with Gasteiger partial charge in [0.25, 0.3) is 5.82 Å². The van der Waals surface area contributed by atoms with Crippen LogP contribution in [0.3, 0.4) is 0 Å². The predicted molar refractivity (Wildman–Crippen MR) is 90.2 cm³/mol. The molecule has 0 radical (unpaired) electrons. The van der Waals surface area contributed by atoms with E-state index in [1.807, 2.05) is 24.3 Å². The monoisotopic (exact) mass is 332 g/mol. The first kappa shape index (κ1) is 15.6. The third-order valence-corrected chi connectivity index (χ3v) is 4.25. The fraction of sp³-hybridized carbons (Fsp3) is 0.294. The van der Waals surface area contributed by atoms with Gasteiger partial charge in [-0.25, -0.2) is 9.78 Å². The summed E-state index contributed by atoms with van der Waals surface area (Å²) in [6.07, 6.45) is 1.69. The van der Waals surface area contributed by atoms with Gasteiger partial charge in [-0.2, -0.15) is 0 Å². The van der Waals surface area contributed by atoms with Crippen molar-refractivity contribution in [3.63, 3.8) is 0 Å². The van der Waals surface area contributed by atoms with Crippen LogP contribution in [0.4, 0.5) is 11.5 Å². The quantitative estimate of drug-likeness (QED) is 0.809. The molecule has 1 aliphatic rings. The van der Waals surface area contributed by atoms with E-state index in [0.717, 1.165) is 42.7 Å². The Morgan fingerprint density at radius 1 is 1.13 bits per heavy atom. The van der Waals surface area contributed by atoms with Gasteiger partial charge in [-0.1, -0.05) is 17.7 Å². The number of piperazine rings is 1. The Kier molecular flexibility index (Phi) is 4.67. The molecule has 3 rings (SSSR count). The Balaban J connectivity index is 1.63. The number of rotatable bonds is 3. The zero-order valence-corrected chi connectivity index (χ0v) is 13.7. The molecular formula is C17H19ClN3O2+. The molecule has 1 aromatic carbocycles. The fourth-order valence-corrected chi connectivity index (χ4v) is 2.92. The molecule has 0 spiro atoms. The summed E-state index contributed by atoms with van der Waals surface area (Å²) in [5.41, 5.74) is 1.68. The summed E-state index contributed by atoms with van der Waals surface area (Å²) in [5.74, 6) is 0.668. The lowest BCUT2D eigenvalue weighted by Crippen LogP contribution is -2.48. The molecule has 1 saturated heterocycles. The van der Waals surface area contributed by atoms with Gasteiger partial charge in [0.1, 0.15) is 19.3 Å². The van der Waals surface area contributed by atoms with E-state index in [-0.39, 0.29) is 5.97 Å². The topological polar surface area (TPSA) is 46.9 Å². The zero-order valence-electron chi connectivity index (χ0n) is 13.0. The lowest BCUT2D eigenvalue weighted by atomic mass is 10.2. The number of aromatic nitrogens is 1. The SMILES string of the molecule is COC(=O)c1ccc(N2CCN(c3cccc(Cl)c3)CC2)[nH+]c1. The first-order valence-electron chi connectivity index (χ1n) is 7.53. The van der Waals surface area contributed by atoms with Crippen LogP contribution in [0.25, 0.3) is 0 Å². The molecule has 6 heteroatoms. The number of H-pyrrole nitrogens is 1. The minimum Gasteiger partial charge on any atom is -0.465 e. The lowest BCUT2D eigenvalue weighted by Gasteiger charge is -2.32. The minimum atomic E-state index is -0.335. The van der Waals surface area contributed by atoms with Crippen molar-refractivity contribution < 1.29 is 14.5 Å². The van der Waals surface area contributed by atoms with E-state index in [1.165, 1.54) is 7.11 Å². The van der Waals surface area contributed by atoms with Crippen molar-refractivity contribution >= 4 is 29.1 Å². The number of nitrogens with zero attached hydrogens (tertiary/aromatic N) is 2. The number of esters is 1. The van der Waals surface area contributed by atoms with E-state index in [4.69, 9.17) is 16.3 Å². The molecule has 0 aliphatic carbocycles. The summed E-state index contributed by atoms with van der Waals surface area (Å²) in [6.45, 7) is 3.65. The van der Waals surface area contributed by atoms with Gasteiger partial charge < -0.3 is 9.64 Å². The smallest absolute Gasteiger partial charge is 0.341 e. The fourth-order valence-electron chi connectivity index (χ4n) is 2.74. The lowest BCUT2D eigenvalue weighted by molar-refractivity contribution is -0.364. The van der Waals surface area contributed by atoms with Crippen LogP contribution in [-0.4, -0.2) is 39.3 Å². The Morgan fingerprint density at radius 2 is 1.87 bits per heavy atom. The van der Waals surface area contributed by atoms with Crippen LogP contribution in [0.2, 0.25) is 5.02 Å². The van der Waals surface area contributed by atoms with Crippen molar-refractivity contribution in [3.8, 4) is 0 Å². The van der Waals surface area contributed by atoms with E-state index in [9.17, 15) is 4.79 Å². The molecule has 0 saturated carbocycles. The molecule has 2 heterocycles. The molecule has 2 aromatic rings. The molecule has 0 atom stereocenters. The van der Waals surface area contributed by atoms with Gasteiger partial charge >= 0.3 is 5.97 Å². The van der Waals surface area contributed by atoms with Gasteiger partial charge in [0.2, 0.25) is 0 Å². The second-order valence-electron chi connectivity index (χ2n) is 5.41. The largest absolute Gasteiger partial charge is 0.465 e. The summed E-state index contributed by atoms with van der Waals surface area (Å²) in [4.78, 5) is 19.2. The Morgan fingerprint density at radius 3 is 2.48 bits per heavy atom. The molecular weight excluding hydrogens is 314 g/mol. The van der Waals surface area contributed by atoms with Crippen LogP contribution in [-0.2, 0) is 4.74 Å². The molecule has 5 nitrogen and oxygen atoms in total. The van der Waals surface area contributed by atoms with Crippen LogP contribution in [0.15, 0.2) is 42.6 Å². The summed E-state index contributed by atoms with van der Waals surface area (Å²) in [7, 11) is 1.38. The van der Waals surface area contributed by atoms with Crippen LogP contribution in [0, 0.1) is 0 Å². The van der Waals surface area contributed by atoms with E-state index < -0.39 is 0 Å². The van der Waals surface area contributed by atoms with E-state index in [2.05, 4.69) is 20.9 Å². The molecule has 0 bridgehead atoms. The maximum Gasteiger partial charge on any atom is 0.341 e. The summed E-state index contributed by atoms with van der Waals surface area (Å²) < 4.78 is 4.70. The molecule has 0 amide bonds. The molecule has 23 heavy (non-hydrogen) atoms. The highest BCUT2D eigenvalue weighted by Gasteiger charge is 2.24. The van der Waals surface area contributed by atoms with Crippen molar-refractivity contribution in [3.05, 3.63) is 53.2 Å². The number of pyridine rings is 1. The number of benzene rings is 1. The van der Waals surface area contributed by atoms with Crippen molar-refractivity contribution in [2.24, 2.45) is 0 Å². The first-order chi connectivity index (χ1) is 11.2. The number of nitrogens with one attached hydrogen (secondary N) is 1. The van der Waals surface area contributed by atoms with Crippen molar-refractivity contribution in [2.75, 3.05) is 43.1 Å². The standard InChI is InChI=1S/C17H18ClN3O2/c1-23-17(22)13-5-6-16(19-12-13)21-9-7-20(8-10-21)15-4-2-3-14(18)11-15/h2-6,11-12H,7-10H2,1H3/p+1. The van der Waals surface area contributed by atoms with Crippen LogP contribution >= 0.6 is 11.6 Å².